The number of aromatic nitrogens is 5. The van der Waals surface area contributed by atoms with Gasteiger partial charge in [-0.05, 0) is 43.3 Å². The largest absolute Gasteiger partial charge is 0.494 e. The highest BCUT2D eigenvalue weighted by Crippen LogP contribution is 2.42. The molecule has 0 spiro atoms. The number of anilines is 1. The van der Waals surface area contributed by atoms with Crippen LogP contribution >= 0.6 is 11.6 Å². The van der Waals surface area contributed by atoms with Gasteiger partial charge in [-0.1, -0.05) is 43.4 Å². The van der Waals surface area contributed by atoms with Crippen molar-refractivity contribution in [3.05, 3.63) is 58.7 Å². The van der Waals surface area contributed by atoms with Gasteiger partial charge in [-0.15, -0.1) is 10.2 Å². The Morgan fingerprint density at radius 1 is 1.09 bits per heavy atom. The summed E-state index contributed by atoms with van der Waals surface area (Å²) in [5, 5.41) is 13.8. The smallest absolute Gasteiger partial charge is 0.246 e. The van der Waals surface area contributed by atoms with Crippen LogP contribution in [-0.2, 0) is 31.8 Å². The highest BCUT2D eigenvalue weighted by molar-refractivity contribution is 7.92. The molecule has 5 rings (SSSR count). The van der Waals surface area contributed by atoms with E-state index >= 15 is 0 Å². The number of methoxy groups -OCH3 is 1. The quantitative estimate of drug-likeness (QED) is 0.179. The summed E-state index contributed by atoms with van der Waals surface area (Å²) in [4.78, 5) is 12.0. The summed E-state index contributed by atoms with van der Waals surface area (Å²) in [7, 11) is -6.10. The van der Waals surface area contributed by atoms with Crippen molar-refractivity contribution < 1.29 is 31.3 Å². The normalized spacial score (nSPS) is 15.2. The van der Waals surface area contributed by atoms with Gasteiger partial charge < -0.3 is 9.62 Å². The molecule has 45 heavy (non-hydrogen) atoms. The summed E-state index contributed by atoms with van der Waals surface area (Å²) in [6, 6.07) is 11.8. The summed E-state index contributed by atoms with van der Waals surface area (Å²) < 4.78 is 62.9. The molecule has 2 aromatic heterocycles. The van der Waals surface area contributed by atoms with Gasteiger partial charge in [0, 0.05) is 38.5 Å². The average molecular weight is 695 g/mol. The SMILES string of the molecule is CCS(=O)(=O)N(CC[Si](C)(C)C)c1nnc2n1-c1c(OC)cccc1OO[C@H](c1ccc(Cl)cc1S(C)(=O)=O)c1cc-2nn1C. The maximum absolute atomic E-state index is 13.6. The van der Waals surface area contributed by atoms with Gasteiger partial charge >= 0.3 is 0 Å². The van der Waals surface area contributed by atoms with E-state index in [1.54, 1.807) is 54.9 Å². The summed E-state index contributed by atoms with van der Waals surface area (Å²) in [5.41, 5.74) is 1.30. The van der Waals surface area contributed by atoms with Crippen LogP contribution in [0.2, 0.25) is 30.7 Å². The van der Waals surface area contributed by atoms with Gasteiger partial charge in [0.25, 0.3) is 0 Å². The van der Waals surface area contributed by atoms with Gasteiger partial charge in [-0.2, -0.15) is 9.99 Å². The Labute approximate surface area is 268 Å². The summed E-state index contributed by atoms with van der Waals surface area (Å²) in [6.45, 7) is 8.27. The Morgan fingerprint density at radius 3 is 2.47 bits per heavy atom. The van der Waals surface area contributed by atoms with E-state index in [1.807, 2.05) is 0 Å². The van der Waals surface area contributed by atoms with Gasteiger partial charge in [0.05, 0.1) is 23.5 Å². The summed E-state index contributed by atoms with van der Waals surface area (Å²) in [5.74, 6) is 0.555. The minimum atomic E-state index is -3.80. The second-order valence-corrected chi connectivity index (χ2v) is 22.1. The molecule has 1 atom stereocenters. The van der Waals surface area contributed by atoms with E-state index in [9.17, 15) is 16.8 Å². The highest BCUT2D eigenvalue weighted by Gasteiger charge is 2.36. The lowest BCUT2D eigenvalue weighted by Gasteiger charge is -2.27. The summed E-state index contributed by atoms with van der Waals surface area (Å²) >= 11 is 6.19. The molecule has 0 N–H and O–H groups in total. The number of benzene rings is 2. The number of ether oxygens (including phenoxy) is 1. The fourth-order valence-electron chi connectivity index (χ4n) is 4.96. The number of hydrogen-bond donors (Lipinski definition) is 0. The molecule has 0 unspecified atom stereocenters. The summed E-state index contributed by atoms with van der Waals surface area (Å²) in [6.07, 6.45) is 0.000250. The van der Waals surface area contributed by atoms with Gasteiger partial charge in [0.2, 0.25) is 16.0 Å². The van der Waals surface area contributed by atoms with Crippen LogP contribution in [0.1, 0.15) is 24.3 Å². The number of para-hydroxylation sites is 1. The zero-order valence-corrected chi connectivity index (χ0v) is 29.4. The van der Waals surface area contributed by atoms with Crippen LogP contribution in [0, 0.1) is 0 Å². The molecule has 17 heteroatoms. The molecule has 0 radical (unpaired) electrons. The first-order valence-corrected chi connectivity index (χ1v) is 21.6. The van der Waals surface area contributed by atoms with Crippen molar-refractivity contribution in [3.8, 4) is 28.7 Å². The molecule has 0 saturated carbocycles. The zero-order valence-electron chi connectivity index (χ0n) is 26.0. The molecular weight excluding hydrogens is 660 g/mol. The molecule has 242 valence electrons. The molecule has 13 nitrogen and oxygen atoms in total. The standard InChI is InChI=1S/C28H35ClN6O7S2Si/c1-8-44(38,39)34(14-15-45(5,6)7)28-31-30-27-20-17-21(33(2)32-20)26(19-13-12-18(29)16-24(19)43(4,36)37)42-41-23-11-9-10-22(40-3)25(23)35(27)28/h9-13,16-17,26H,8,14-15H2,1-7H3/t26-/m1/s1. The van der Waals surface area contributed by atoms with Gasteiger partial charge in [-0.25, -0.2) is 21.1 Å². The van der Waals surface area contributed by atoms with Crippen molar-refractivity contribution in [2.75, 3.05) is 30.0 Å². The molecule has 3 heterocycles. The molecule has 2 aromatic carbocycles. The van der Waals surface area contributed by atoms with E-state index in [1.165, 1.54) is 22.2 Å². The minimum absolute atomic E-state index is 0.0393. The Hall–Kier alpha value is -3.44. The van der Waals surface area contributed by atoms with Crippen molar-refractivity contribution >= 4 is 45.5 Å². The number of aryl methyl sites for hydroxylation is 1. The van der Waals surface area contributed by atoms with Crippen LogP contribution in [0.3, 0.4) is 0 Å². The fraction of sp³-hybridized carbons (Fsp3) is 0.393. The fourth-order valence-corrected chi connectivity index (χ4v) is 8.25. The molecule has 0 aliphatic carbocycles. The Bertz CT molecular complexity index is 1970. The van der Waals surface area contributed by atoms with E-state index in [0.717, 1.165) is 6.26 Å². The first-order valence-electron chi connectivity index (χ1n) is 14.1. The predicted octanol–water partition coefficient (Wildman–Crippen LogP) is 4.64. The molecular formula is C28H35ClN6O7S2Si. The number of fused-ring (bicyclic) bond motifs is 6. The van der Waals surface area contributed by atoms with E-state index in [-0.39, 0.29) is 51.0 Å². The number of sulfone groups is 1. The topological polar surface area (TPSA) is 148 Å². The first-order chi connectivity index (χ1) is 21.1. The first kappa shape index (κ1) is 32.9. The van der Waals surface area contributed by atoms with E-state index in [0.29, 0.717) is 23.2 Å². The van der Waals surface area contributed by atoms with E-state index in [4.69, 9.17) is 26.1 Å². The molecule has 0 amide bonds. The molecule has 4 aromatic rings. The second kappa shape index (κ2) is 12.1. The maximum Gasteiger partial charge on any atom is 0.246 e. The lowest BCUT2D eigenvalue weighted by Crippen LogP contribution is -2.38. The van der Waals surface area contributed by atoms with Crippen molar-refractivity contribution in [3.63, 3.8) is 0 Å². The third kappa shape index (κ3) is 6.47. The monoisotopic (exact) mass is 694 g/mol. The van der Waals surface area contributed by atoms with Gasteiger partial charge in [0.1, 0.15) is 17.1 Å². The maximum atomic E-state index is 13.6. The molecule has 1 aliphatic heterocycles. The van der Waals surface area contributed by atoms with Crippen molar-refractivity contribution in [2.24, 2.45) is 7.05 Å². The van der Waals surface area contributed by atoms with E-state index < -0.39 is 34.0 Å². The van der Waals surface area contributed by atoms with Crippen LogP contribution in [0.5, 0.6) is 11.5 Å². The van der Waals surface area contributed by atoms with Crippen molar-refractivity contribution in [2.45, 2.75) is 43.6 Å². The Kier molecular flexibility index (Phi) is 8.82. The number of halogens is 1. The molecule has 0 fully saturated rings. The van der Waals surface area contributed by atoms with Crippen molar-refractivity contribution in [1.82, 2.24) is 24.5 Å². The Morgan fingerprint density at radius 2 is 1.82 bits per heavy atom. The Balaban J connectivity index is 1.81. The third-order valence-corrected chi connectivity index (χ3v) is 12.2. The molecule has 0 saturated heterocycles. The highest BCUT2D eigenvalue weighted by atomic mass is 35.5. The van der Waals surface area contributed by atoms with E-state index in [2.05, 4.69) is 34.9 Å². The lowest BCUT2D eigenvalue weighted by atomic mass is 10.1. The van der Waals surface area contributed by atoms with Gasteiger partial charge in [0.15, 0.2) is 27.5 Å². The molecule has 1 aliphatic rings. The third-order valence-electron chi connectivity index (χ3n) is 7.35. The number of nitrogens with zero attached hydrogens (tertiary/aromatic N) is 6. The minimum Gasteiger partial charge on any atom is -0.494 e. The van der Waals surface area contributed by atoms with Crippen LogP contribution in [0.25, 0.3) is 17.2 Å². The van der Waals surface area contributed by atoms with Crippen LogP contribution < -0.4 is 13.9 Å². The number of sulfonamides is 1. The zero-order chi connectivity index (χ0) is 32.9. The average Bonchev–Trinajstić information content (AvgIpc) is 3.55. The van der Waals surface area contributed by atoms with Crippen LogP contribution in [-0.4, -0.2) is 75.1 Å². The number of hydrogen-bond acceptors (Lipinski definition) is 10. The van der Waals surface area contributed by atoms with Crippen molar-refractivity contribution in [1.29, 1.82) is 0 Å². The second-order valence-electron chi connectivity index (χ2n) is 11.8. The van der Waals surface area contributed by atoms with Gasteiger partial charge in [-0.3, -0.25) is 9.25 Å². The molecule has 2 bridgehead atoms. The lowest BCUT2D eigenvalue weighted by molar-refractivity contribution is -0.238. The van der Waals surface area contributed by atoms with Crippen LogP contribution in [0.4, 0.5) is 5.95 Å². The predicted molar refractivity (Wildman–Crippen MR) is 173 cm³/mol. The number of rotatable bonds is 9. The van der Waals surface area contributed by atoms with Crippen LogP contribution in [0.15, 0.2) is 47.4 Å².